The molecule has 2 N–H and O–H groups in total. The van der Waals surface area contributed by atoms with Gasteiger partial charge in [-0.05, 0) is 6.07 Å². The number of carboxylic acid groups (broad SMARTS) is 1. The van der Waals surface area contributed by atoms with Gasteiger partial charge in [0.05, 0.1) is 24.9 Å². The summed E-state index contributed by atoms with van der Waals surface area (Å²) in [7, 11) is 2.86. The molecule has 1 amide bonds. The monoisotopic (exact) mass is 273 g/mol. The highest BCUT2D eigenvalue weighted by Gasteiger charge is 2.14. The number of carbonyl (C=O) groups excluding carboxylic acids is 1. The maximum Gasteiger partial charge on any atom is 0.312 e. The van der Waals surface area contributed by atoms with Crippen LogP contribution in [-0.4, -0.2) is 31.2 Å². The fraction of sp³-hybridized carbons (Fsp3) is 0.273. The van der Waals surface area contributed by atoms with Crippen molar-refractivity contribution < 1.29 is 24.2 Å². The van der Waals surface area contributed by atoms with E-state index in [-0.39, 0.29) is 10.7 Å². The number of methoxy groups -OCH3 is 2. The normalized spacial score (nSPS) is 9.72. The Morgan fingerprint density at radius 1 is 1.28 bits per heavy atom. The maximum atomic E-state index is 11.3. The van der Waals surface area contributed by atoms with Crippen molar-refractivity contribution >= 4 is 29.2 Å². The third-order valence-corrected chi connectivity index (χ3v) is 2.36. The smallest absolute Gasteiger partial charge is 0.312 e. The van der Waals surface area contributed by atoms with Crippen molar-refractivity contribution in [3.63, 3.8) is 0 Å². The first-order valence-electron chi connectivity index (χ1n) is 4.91. The van der Waals surface area contributed by atoms with Gasteiger partial charge in [0.15, 0.2) is 0 Å². The van der Waals surface area contributed by atoms with E-state index in [4.69, 9.17) is 26.2 Å². The number of hydrogen-bond acceptors (Lipinski definition) is 4. The highest BCUT2D eigenvalue weighted by atomic mass is 35.5. The number of rotatable bonds is 5. The summed E-state index contributed by atoms with van der Waals surface area (Å²) in [6, 6.07) is 2.93. The maximum absolute atomic E-state index is 11.3. The van der Waals surface area contributed by atoms with E-state index in [9.17, 15) is 9.59 Å². The molecule has 6 nitrogen and oxygen atoms in total. The van der Waals surface area contributed by atoms with Gasteiger partial charge in [0.25, 0.3) is 0 Å². The van der Waals surface area contributed by atoms with E-state index in [1.54, 1.807) is 0 Å². The molecule has 0 aromatic heterocycles. The Bertz CT molecular complexity index is 475. The van der Waals surface area contributed by atoms with Crippen LogP contribution in [0.2, 0.25) is 5.02 Å². The van der Waals surface area contributed by atoms with Crippen LogP contribution in [-0.2, 0) is 9.59 Å². The SMILES string of the molecule is COc1cc(OC)c(NC(=O)CC(=O)O)cc1Cl. The molecule has 0 aliphatic carbocycles. The zero-order chi connectivity index (χ0) is 13.7. The summed E-state index contributed by atoms with van der Waals surface area (Å²) < 4.78 is 10.0. The molecule has 0 radical (unpaired) electrons. The number of aliphatic carboxylic acids is 1. The Morgan fingerprint density at radius 2 is 1.89 bits per heavy atom. The molecule has 98 valence electrons. The van der Waals surface area contributed by atoms with Crippen molar-refractivity contribution in [1.82, 2.24) is 0 Å². The topological polar surface area (TPSA) is 84.9 Å². The minimum absolute atomic E-state index is 0.281. The van der Waals surface area contributed by atoms with E-state index < -0.39 is 18.3 Å². The molecule has 0 unspecified atom stereocenters. The second-order valence-corrected chi connectivity index (χ2v) is 3.71. The highest BCUT2D eigenvalue weighted by molar-refractivity contribution is 6.32. The van der Waals surface area contributed by atoms with Gasteiger partial charge in [-0.2, -0.15) is 0 Å². The van der Waals surface area contributed by atoms with Crippen molar-refractivity contribution in [3.05, 3.63) is 17.2 Å². The summed E-state index contributed by atoms with van der Waals surface area (Å²) >= 11 is 5.90. The Kier molecular flexibility index (Phi) is 4.79. The summed E-state index contributed by atoms with van der Waals surface area (Å²) in [6.07, 6.45) is -0.632. The van der Waals surface area contributed by atoms with Crippen molar-refractivity contribution in [1.29, 1.82) is 0 Å². The van der Waals surface area contributed by atoms with Crippen LogP contribution in [0.1, 0.15) is 6.42 Å². The predicted octanol–water partition coefficient (Wildman–Crippen LogP) is 1.77. The molecule has 18 heavy (non-hydrogen) atoms. The first kappa shape index (κ1) is 14.1. The average Bonchev–Trinajstić information content (AvgIpc) is 2.28. The Morgan fingerprint density at radius 3 is 2.39 bits per heavy atom. The van der Waals surface area contributed by atoms with Crippen LogP contribution >= 0.6 is 11.6 Å². The molecule has 0 heterocycles. The highest BCUT2D eigenvalue weighted by Crippen LogP contribution is 2.35. The fourth-order valence-electron chi connectivity index (χ4n) is 1.29. The number of carboxylic acids is 1. The number of ether oxygens (including phenoxy) is 2. The average molecular weight is 274 g/mol. The molecular weight excluding hydrogens is 262 g/mol. The lowest BCUT2D eigenvalue weighted by atomic mass is 10.2. The van der Waals surface area contributed by atoms with Crippen molar-refractivity contribution in [2.24, 2.45) is 0 Å². The molecule has 0 aliphatic heterocycles. The first-order chi connectivity index (χ1) is 8.47. The molecular formula is C11H12ClNO5. The van der Waals surface area contributed by atoms with Gasteiger partial charge in [0, 0.05) is 6.07 Å². The van der Waals surface area contributed by atoms with Gasteiger partial charge in [-0.15, -0.1) is 0 Å². The minimum Gasteiger partial charge on any atom is -0.495 e. The molecule has 1 aromatic carbocycles. The van der Waals surface area contributed by atoms with Gasteiger partial charge < -0.3 is 19.9 Å². The van der Waals surface area contributed by atoms with Crippen LogP contribution in [0, 0.1) is 0 Å². The summed E-state index contributed by atoms with van der Waals surface area (Å²) in [5.74, 6) is -1.16. The zero-order valence-electron chi connectivity index (χ0n) is 9.82. The molecule has 7 heteroatoms. The quantitative estimate of drug-likeness (QED) is 0.799. The van der Waals surface area contributed by atoms with Crippen molar-refractivity contribution in [2.75, 3.05) is 19.5 Å². The van der Waals surface area contributed by atoms with E-state index in [0.717, 1.165) is 0 Å². The van der Waals surface area contributed by atoms with Gasteiger partial charge >= 0.3 is 5.97 Å². The minimum atomic E-state index is -1.22. The summed E-state index contributed by atoms with van der Waals surface area (Å²) in [6.45, 7) is 0. The molecule has 0 atom stereocenters. The van der Waals surface area contributed by atoms with Crippen LogP contribution < -0.4 is 14.8 Å². The summed E-state index contributed by atoms with van der Waals surface area (Å²) in [4.78, 5) is 21.7. The Balaban J connectivity index is 2.97. The predicted molar refractivity (Wildman–Crippen MR) is 65.4 cm³/mol. The van der Waals surface area contributed by atoms with E-state index in [2.05, 4.69) is 5.32 Å². The largest absolute Gasteiger partial charge is 0.495 e. The standard InChI is InChI=1S/C11H12ClNO5/c1-17-8-4-9(18-2)7(3-6(8)12)13-10(14)5-11(15)16/h3-4H,5H2,1-2H3,(H,13,14)(H,15,16). The number of nitrogens with one attached hydrogen (secondary N) is 1. The van der Waals surface area contributed by atoms with Gasteiger partial charge in [-0.1, -0.05) is 11.6 Å². The molecule has 0 spiro atoms. The van der Waals surface area contributed by atoms with Gasteiger partial charge in [0.2, 0.25) is 5.91 Å². The zero-order valence-corrected chi connectivity index (χ0v) is 10.6. The van der Waals surface area contributed by atoms with Gasteiger partial charge in [-0.25, -0.2) is 0 Å². The van der Waals surface area contributed by atoms with Crippen molar-refractivity contribution in [3.8, 4) is 11.5 Å². The molecule has 0 bridgehead atoms. The number of anilines is 1. The van der Waals surface area contributed by atoms with Crippen LogP contribution in [0.25, 0.3) is 0 Å². The molecule has 1 aromatic rings. The van der Waals surface area contributed by atoms with Crippen LogP contribution in [0.4, 0.5) is 5.69 Å². The lowest BCUT2D eigenvalue weighted by Gasteiger charge is -2.12. The number of halogens is 1. The lowest BCUT2D eigenvalue weighted by molar-refractivity contribution is -0.139. The molecule has 0 saturated carbocycles. The lowest BCUT2D eigenvalue weighted by Crippen LogP contribution is -2.16. The Labute approximate surface area is 108 Å². The second kappa shape index (κ2) is 6.11. The van der Waals surface area contributed by atoms with E-state index >= 15 is 0 Å². The first-order valence-corrected chi connectivity index (χ1v) is 5.29. The van der Waals surface area contributed by atoms with Crippen LogP contribution in [0.5, 0.6) is 11.5 Å². The van der Waals surface area contributed by atoms with Gasteiger partial charge in [0.1, 0.15) is 17.9 Å². The summed E-state index contributed by atoms with van der Waals surface area (Å²) in [5, 5.41) is 11.2. The molecule has 0 aliphatic rings. The number of amides is 1. The van der Waals surface area contributed by atoms with E-state index in [1.165, 1.54) is 26.4 Å². The van der Waals surface area contributed by atoms with E-state index in [1.807, 2.05) is 0 Å². The van der Waals surface area contributed by atoms with E-state index in [0.29, 0.717) is 11.5 Å². The third-order valence-electron chi connectivity index (χ3n) is 2.06. The number of benzene rings is 1. The number of carbonyl (C=O) groups is 2. The number of hydrogen-bond donors (Lipinski definition) is 2. The molecule has 0 saturated heterocycles. The van der Waals surface area contributed by atoms with Gasteiger partial charge in [-0.3, -0.25) is 9.59 Å². The van der Waals surface area contributed by atoms with Crippen molar-refractivity contribution in [2.45, 2.75) is 6.42 Å². The molecule has 0 fully saturated rings. The molecule has 1 rings (SSSR count). The second-order valence-electron chi connectivity index (χ2n) is 3.31. The van der Waals surface area contributed by atoms with Crippen LogP contribution in [0.15, 0.2) is 12.1 Å². The Hall–Kier alpha value is -1.95. The summed E-state index contributed by atoms with van der Waals surface area (Å²) in [5.41, 5.74) is 0.287. The van der Waals surface area contributed by atoms with Crippen LogP contribution in [0.3, 0.4) is 0 Å². The fourth-order valence-corrected chi connectivity index (χ4v) is 1.53. The third kappa shape index (κ3) is 3.53.